The third kappa shape index (κ3) is 6.00. The summed E-state index contributed by atoms with van der Waals surface area (Å²) in [5.74, 6) is -0.0318. The summed E-state index contributed by atoms with van der Waals surface area (Å²) in [6, 6.07) is 19.0. The largest absolute Gasteiger partial charge is 0.352 e. The topological polar surface area (TPSA) is 64.0 Å². The summed E-state index contributed by atoms with van der Waals surface area (Å²) in [7, 11) is 0. The Morgan fingerprint density at radius 2 is 1.75 bits per heavy atom. The van der Waals surface area contributed by atoms with E-state index >= 15 is 0 Å². The number of hydrogen-bond donors (Lipinski definition) is 1. The Labute approximate surface area is 185 Å². The monoisotopic (exact) mass is 551 g/mol. The molecule has 1 heterocycles. The Kier molecular flexibility index (Phi) is 7.38. The molecule has 2 aromatic carbocycles. The fourth-order valence-corrected chi connectivity index (χ4v) is 3.29. The number of hydrogen-bond acceptors (Lipinski definition) is 3. The van der Waals surface area contributed by atoms with Crippen molar-refractivity contribution in [3.63, 3.8) is 0 Å². The molecule has 5 nitrogen and oxygen atoms in total. The molecule has 0 unspecified atom stereocenters. The number of aryl methyl sites for hydroxylation is 1. The van der Waals surface area contributed by atoms with E-state index in [2.05, 4.69) is 48.9 Å². The van der Waals surface area contributed by atoms with Crippen LogP contribution in [0.25, 0.3) is 11.3 Å². The first-order valence-corrected chi connectivity index (χ1v) is 10.7. The number of carbonyl (C=O) groups excluding carboxylic acids is 1. The first-order chi connectivity index (χ1) is 13.5. The maximum absolute atomic E-state index is 12.1. The van der Waals surface area contributed by atoms with Crippen molar-refractivity contribution in [1.82, 2.24) is 15.1 Å². The normalized spacial score (nSPS) is 10.6. The van der Waals surface area contributed by atoms with Gasteiger partial charge in [0.1, 0.15) is 0 Å². The molecule has 0 aliphatic rings. The van der Waals surface area contributed by atoms with E-state index in [-0.39, 0.29) is 11.5 Å². The van der Waals surface area contributed by atoms with Gasteiger partial charge < -0.3 is 5.32 Å². The highest BCUT2D eigenvalue weighted by Gasteiger charge is 2.06. The predicted octanol–water partition coefficient (Wildman–Crippen LogP) is 4.37. The number of aromatic nitrogens is 2. The van der Waals surface area contributed by atoms with Gasteiger partial charge in [-0.05, 0) is 64.9 Å². The molecule has 3 aromatic rings. The molecule has 1 N–H and O–H groups in total. The van der Waals surface area contributed by atoms with Crippen LogP contribution in [0.2, 0.25) is 0 Å². The first-order valence-electron chi connectivity index (χ1n) is 8.86. The van der Waals surface area contributed by atoms with E-state index in [0.29, 0.717) is 25.9 Å². The van der Waals surface area contributed by atoms with Crippen molar-refractivity contribution in [2.75, 3.05) is 0 Å². The lowest BCUT2D eigenvalue weighted by Gasteiger charge is -2.08. The quantitative estimate of drug-likeness (QED) is 0.443. The van der Waals surface area contributed by atoms with Gasteiger partial charge in [0.15, 0.2) is 0 Å². The highest BCUT2D eigenvalue weighted by Crippen LogP contribution is 2.18. The molecule has 0 bridgehead atoms. The highest BCUT2D eigenvalue weighted by atomic mass is 127. The number of rotatable bonds is 7. The van der Waals surface area contributed by atoms with Crippen LogP contribution in [0.15, 0.2) is 69.9 Å². The number of nitrogens with one attached hydrogen (secondary N) is 1. The zero-order valence-corrected chi connectivity index (χ0v) is 18.8. The summed E-state index contributed by atoms with van der Waals surface area (Å²) in [5.41, 5.74) is 2.57. The van der Waals surface area contributed by atoms with Crippen LogP contribution in [0.4, 0.5) is 0 Å². The molecule has 0 spiro atoms. The summed E-state index contributed by atoms with van der Waals surface area (Å²) in [5, 5.41) is 7.34. The highest BCUT2D eigenvalue weighted by molar-refractivity contribution is 14.1. The fourth-order valence-electron chi connectivity index (χ4n) is 2.66. The second-order valence-corrected chi connectivity index (χ2v) is 8.45. The molecule has 144 valence electrons. The summed E-state index contributed by atoms with van der Waals surface area (Å²) in [6.45, 7) is 0.910. The molecule has 0 atom stereocenters. The van der Waals surface area contributed by atoms with Crippen LogP contribution < -0.4 is 10.9 Å². The molecular weight excluding hydrogens is 533 g/mol. The molecule has 0 saturated heterocycles. The molecule has 0 saturated carbocycles. The summed E-state index contributed by atoms with van der Waals surface area (Å²) >= 11 is 5.66. The average Bonchev–Trinajstić information content (AvgIpc) is 2.70. The maximum Gasteiger partial charge on any atom is 0.266 e. The standard InChI is InChI=1S/C21H19BrIN3O2/c22-17-7-5-16(6-8-17)19-11-12-21(28)26(25-19)13-1-2-20(27)24-14-15-3-9-18(23)10-4-15/h3-12H,1-2,13-14H2,(H,24,27). The number of halogens is 2. The van der Waals surface area contributed by atoms with Gasteiger partial charge in [-0.25, -0.2) is 4.68 Å². The third-order valence-electron chi connectivity index (χ3n) is 4.18. The molecule has 1 aromatic heterocycles. The van der Waals surface area contributed by atoms with Crippen LogP contribution in [-0.4, -0.2) is 15.7 Å². The van der Waals surface area contributed by atoms with Crippen molar-refractivity contribution < 1.29 is 4.79 Å². The minimum absolute atomic E-state index is 0.0318. The Hall–Kier alpha value is -2.00. The van der Waals surface area contributed by atoms with Crippen LogP contribution in [-0.2, 0) is 17.9 Å². The lowest BCUT2D eigenvalue weighted by atomic mass is 10.1. The molecule has 3 rings (SSSR count). The average molecular weight is 552 g/mol. The minimum atomic E-state index is -0.167. The molecule has 1 amide bonds. The second kappa shape index (κ2) is 9.97. The second-order valence-electron chi connectivity index (χ2n) is 6.29. The van der Waals surface area contributed by atoms with Crippen molar-refractivity contribution in [2.45, 2.75) is 25.9 Å². The van der Waals surface area contributed by atoms with Crippen molar-refractivity contribution in [3.8, 4) is 11.3 Å². The molecule has 0 radical (unpaired) electrons. The smallest absolute Gasteiger partial charge is 0.266 e. The van der Waals surface area contributed by atoms with Crippen LogP contribution in [0.3, 0.4) is 0 Å². The van der Waals surface area contributed by atoms with E-state index in [9.17, 15) is 9.59 Å². The van der Waals surface area contributed by atoms with Gasteiger partial charge >= 0.3 is 0 Å². The van der Waals surface area contributed by atoms with Crippen LogP contribution in [0.5, 0.6) is 0 Å². The number of amides is 1. The lowest BCUT2D eigenvalue weighted by molar-refractivity contribution is -0.121. The van der Waals surface area contributed by atoms with E-state index in [1.54, 1.807) is 6.07 Å². The van der Waals surface area contributed by atoms with Gasteiger partial charge in [0.25, 0.3) is 5.56 Å². The van der Waals surface area contributed by atoms with Gasteiger partial charge in [-0.2, -0.15) is 5.10 Å². The Morgan fingerprint density at radius 3 is 2.46 bits per heavy atom. The molecule has 7 heteroatoms. The Morgan fingerprint density at radius 1 is 1.04 bits per heavy atom. The number of benzene rings is 2. The van der Waals surface area contributed by atoms with Crippen molar-refractivity contribution in [1.29, 1.82) is 0 Å². The SMILES string of the molecule is O=C(CCCn1nc(-c2ccc(Br)cc2)ccc1=O)NCc1ccc(I)cc1. The predicted molar refractivity (Wildman–Crippen MR) is 122 cm³/mol. The van der Waals surface area contributed by atoms with E-state index in [0.717, 1.165) is 24.9 Å². The number of carbonyl (C=O) groups is 1. The first kappa shape index (κ1) is 20.7. The summed E-state index contributed by atoms with van der Waals surface area (Å²) < 4.78 is 3.57. The third-order valence-corrected chi connectivity index (χ3v) is 5.43. The van der Waals surface area contributed by atoms with Crippen LogP contribution in [0, 0.1) is 3.57 Å². The zero-order valence-electron chi connectivity index (χ0n) is 15.1. The van der Waals surface area contributed by atoms with E-state index < -0.39 is 0 Å². The molecule has 0 fully saturated rings. The number of nitrogens with zero attached hydrogens (tertiary/aromatic N) is 2. The molecular formula is C21H19BrIN3O2. The van der Waals surface area contributed by atoms with Crippen molar-refractivity contribution >= 4 is 44.4 Å². The van der Waals surface area contributed by atoms with E-state index in [1.165, 1.54) is 10.7 Å². The molecule has 0 aliphatic carbocycles. The van der Waals surface area contributed by atoms with E-state index in [1.807, 2.05) is 48.5 Å². The van der Waals surface area contributed by atoms with Gasteiger partial charge in [0, 0.05) is 39.2 Å². The summed E-state index contributed by atoms with van der Waals surface area (Å²) in [4.78, 5) is 24.1. The maximum atomic E-state index is 12.1. The lowest BCUT2D eigenvalue weighted by Crippen LogP contribution is -2.25. The van der Waals surface area contributed by atoms with Gasteiger partial charge in [0.05, 0.1) is 5.69 Å². The zero-order chi connectivity index (χ0) is 19.9. The van der Waals surface area contributed by atoms with Gasteiger partial charge in [-0.3, -0.25) is 9.59 Å². The van der Waals surface area contributed by atoms with Crippen molar-refractivity contribution in [2.24, 2.45) is 0 Å². The fraction of sp³-hybridized carbons (Fsp3) is 0.190. The minimum Gasteiger partial charge on any atom is -0.352 e. The Bertz CT molecular complexity index is 1000. The van der Waals surface area contributed by atoms with Gasteiger partial charge in [0.2, 0.25) is 5.91 Å². The van der Waals surface area contributed by atoms with Crippen molar-refractivity contribution in [3.05, 3.63) is 84.6 Å². The van der Waals surface area contributed by atoms with Gasteiger partial charge in [-0.15, -0.1) is 0 Å². The van der Waals surface area contributed by atoms with Gasteiger partial charge in [-0.1, -0.05) is 40.2 Å². The Balaban J connectivity index is 1.53. The van der Waals surface area contributed by atoms with Crippen LogP contribution >= 0.6 is 38.5 Å². The summed E-state index contributed by atoms with van der Waals surface area (Å²) in [6.07, 6.45) is 0.899. The molecule has 28 heavy (non-hydrogen) atoms. The van der Waals surface area contributed by atoms with E-state index in [4.69, 9.17) is 0 Å². The van der Waals surface area contributed by atoms with Crippen LogP contribution in [0.1, 0.15) is 18.4 Å². The molecule has 0 aliphatic heterocycles.